The number of carbonyl (C=O) groups excluding carboxylic acids is 3. The first-order valence-electron chi connectivity index (χ1n) is 16.4. The molecule has 0 aliphatic carbocycles. The summed E-state index contributed by atoms with van der Waals surface area (Å²) in [6.45, 7) is 3.85. The monoisotopic (exact) mass is 650 g/mol. The lowest BCUT2D eigenvalue weighted by molar-refractivity contribution is -0.153. The number of aryl methyl sites for hydroxylation is 1. The Labute approximate surface area is 282 Å². The largest absolute Gasteiger partial charge is 0.340 e. The quantitative estimate of drug-likeness (QED) is 0.138. The van der Waals surface area contributed by atoms with Crippen molar-refractivity contribution in [3.8, 4) is 0 Å². The van der Waals surface area contributed by atoms with Gasteiger partial charge in [0.25, 0.3) is 0 Å². The van der Waals surface area contributed by atoms with Gasteiger partial charge < -0.3 is 20.9 Å². The Kier molecular flexibility index (Phi) is 11.8. The normalized spacial score (nSPS) is 15.7. The fraction of sp³-hybridized carbons (Fsp3) is 0.308. The fourth-order valence-electron chi connectivity index (χ4n) is 6.21. The number of hydrogen-bond acceptors (Lipinski definition) is 4. The van der Waals surface area contributed by atoms with Crippen LogP contribution in [0.5, 0.6) is 0 Å². The minimum Gasteiger partial charge on any atom is -0.340 e. The molecular formula is C39H43ClN4O3. The third-order valence-electron chi connectivity index (χ3n) is 8.85. The Bertz CT molecular complexity index is 1720. The maximum absolute atomic E-state index is 14.4. The maximum Gasteiger partial charge on any atom is 0.246 e. The van der Waals surface area contributed by atoms with E-state index in [4.69, 9.17) is 17.3 Å². The molecule has 1 heterocycles. The molecule has 0 saturated carbocycles. The molecule has 1 saturated heterocycles. The minimum atomic E-state index is -0.864. The van der Waals surface area contributed by atoms with Crippen molar-refractivity contribution >= 4 is 46.2 Å². The van der Waals surface area contributed by atoms with Gasteiger partial charge in [-0.25, -0.2) is 0 Å². The van der Waals surface area contributed by atoms with E-state index >= 15 is 0 Å². The third-order valence-corrected chi connectivity index (χ3v) is 9.09. The van der Waals surface area contributed by atoms with Gasteiger partial charge in [-0.2, -0.15) is 0 Å². The molecule has 0 spiro atoms. The highest BCUT2D eigenvalue weighted by Gasteiger charge is 2.39. The summed E-state index contributed by atoms with van der Waals surface area (Å²) in [5.41, 5.74) is 9.67. The highest BCUT2D eigenvalue weighted by molar-refractivity contribution is 6.30. The summed E-state index contributed by atoms with van der Waals surface area (Å²) < 4.78 is 0. The lowest BCUT2D eigenvalue weighted by Crippen LogP contribution is -2.62. The van der Waals surface area contributed by atoms with Gasteiger partial charge in [-0.15, -0.1) is 0 Å². The second-order valence-corrected chi connectivity index (χ2v) is 12.6. The summed E-state index contributed by atoms with van der Waals surface area (Å²) in [5, 5.41) is 5.92. The first-order valence-corrected chi connectivity index (χ1v) is 16.8. The van der Waals surface area contributed by atoms with Crippen LogP contribution in [-0.4, -0.2) is 65.8 Å². The molecule has 1 fully saturated rings. The third kappa shape index (κ3) is 9.09. The van der Waals surface area contributed by atoms with E-state index in [1.165, 1.54) is 22.4 Å². The summed E-state index contributed by atoms with van der Waals surface area (Å²) in [7, 11) is 0. The van der Waals surface area contributed by atoms with Crippen molar-refractivity contribution in [2.45, 2.75) is 51.1 Å². The molecule has 244 valence electrons. The summed E-state index contributed by atoms with van der Waals surface area (Å²) >= 11 is 6.22. The van der Waals surface area contributed by atoms with Gasteiger partial charge in [0, 0.05) is 37.2 Å². The van der Waals surface area contributed by atoms with Gasteiger partial charge in [0.2, 0.25) is 17.7 Å². The number of fused-ring (bicyclic) bond motifs is 1. The SMILES string of the molecule is Cc1cc(Cl)ccc1C[C@@H](NC(=O)/C=C/c1ccccc1)C(=O)N1CCN(CCc2ccc3ccccc3c2)C(=O)[C@@H]1CCCCN. The van der Waals surface area contributed by atoms with Gasteiger partial charge >= 0.3 is 0 Å². The van der Waals surface area contributed by atoms with Gasteiger partial charge in [-0.1, -0.05) is 90.5 Å². The zero-order valence-electron chi connectivity index (χ0n) is 26.9. The number of nitrogens with zero attached hydrogens (tertiary/aromatic N) is 2. The average molecular weight is 651 g/mol. The Morgan fingerprint density at radius 2 is 1.72 bits per heavy atom. The first-order chi connectivity index (χ1) is 22.8. The van der Waals surface area contributed by atoms with Gasteiger partial charge in [-0.05, 0) is 90.4 Å². The number of halogens is 1. The Hall–Kier alpha value is -4.46. The summed E-state index contributed by atoms with van der Waals surface area (Å²) in [6, 6.07) is 28.2. The number of benzene rings is 4. The molecule has 8 heteroatoms. The number of rotatable bonds is 13. The van der Waals surface area contributed by atoms with E-state index in [1.54, 1.807) is 17.0 Å². The van der Waals surface area contributed by atoms with Gasteiger partial charge in [-0.3, -0.25) is 14.4 Å². The van der Waals surface area contributed by atoms with Crippen LogP contribution in [0.25, 0.3) is 16.8 Å². The molecule has 0 unspecified atom stereocenters. The second kappa shape index (κ2) is 16.4. The number of amides is 3. The number of carbonyl (C=O) groups is 3. The number of hydrogen-bond donors (Lipinski definition) is 2. The molecule has 0 radical (unpaired) electrons. The van der Waals surface area contributed by atoms with E-state index in [-0.39, 0.29) is 24.1 Å². The van der Waals surface area contributed by atoms with Crippen molar-refractivity contribution in [3.05, 3.63) is 124 Å². The van der Waals surface area contributed by atoms with Crippen LogP contribution in [0.2, 0.25) is 5.02 Å². The number of unbranched alkanes of at least 4 members (excludes halogenated alkanes) is 1. The summed E-state index contributed by atoms with van der Waals surface area (Å²) in [5.74, 6) is -0.695. The minimum absolute atomic E-state index is 0.0564. The zero-order valence-corrected chi connectivity index (χ0v) is 27.7. The van der Waals surface area contributed by atoms with Gasteiger partial charge in [0.05, 0.1) is 0 Å². The first kappa shape index (κ1) is 33.9. The predicted molar refractivity (Wildman–Crippen MR) is 190 cm³/mol. The van der Waals surface area contributed by atoms with E-state index in [9.17, 15) is 14.4 Å². The predicted octanol–water partition coefficient (Wildman–Crippen LogP) is 5.95. The van der Waals surface area contributed by atoms with Crippen LogP contribution < -0.4 is 11.1 Å². The van der Waals surface area contributed by atoms with Crippen molar-refractivity contribution in [2.24, 2.45) is 5.73 Å². The summed E-state index contributed by atoms with van der Waals surface area (Å²) in [6.07, 6.45) is 6.17. The van der Waals surface area contributed by atoms with E-state index in [0.29, 0.717) is 37.6 Å². The Morgan fingerprint density at radius 1 is 0.957 bits per heavy atom. The van der Waals surface area contributed by atoms with Gasteiger partial charge in [0.1, 0.15) is 12.1 Å². The van der Waals surface area contributed by atoms with Crippen LogP contribution in [0.3, 0.4) is 0 Å². The molecule has 1 aliphatic rings. The lowest BCUT2D eigenvalue weighted by atomic mass is 9.97. The number of nitrogens with two attached hydrogens (primary N) is 1. The molecular weight excluding hydrogens is 608 g/mol. The molecule has 3 N–H and O–H groups in total. The number of nitrogens with one attached hydrogen (secondary N) is 1. The van der Waals surface area contributed by atoms with Crippen LogP contribution in [-0.2, 0) is 27.2 Å². The second-order valence-electron chi connectivity index (χ2n) is 12.2. The Morgan fingerprint density at radius 3 is 2.49 bits per heavy atom. The maximum atomic E-state index is 14.4. The van der Waals surface area contributed by atoms with E-state index in [2.05, 4.69) is 35.6 Å². The van der Waals surface area contributed by atoms with Crippen LogP contribution >= 0.6 is 11.6 Å². The van der Waals surface area contributed by atoms with Crippen LogP contribution in [0.1, 0.15) is 41.5 Å². The molecule has 0 aromatic heterocycles. The van der Waals surface area contributed by atoms with Crippen molar-refractivity contribution in [1.29, 1.82) is 0 Å². The van der Waals surface area contributed by atoms with E-state index in [1.807, 2.05) is 66.4 Å². The molecule has 4 aromatic rings. The molecule has 0 bridgehead atoms. The molecule has 5 rings (SSSR count). The highest BCUT2D eigenvalue weighted by atomic mass is 35.5. The van der Waals surface area contributed by atoms with Crippen molar-refractivity contribution < 1.29 is 14.4 Å². The standard InChI is InChI=1S/C39H43ClN4O3/c1-28-25-34(40)18-17-32(28)27-35(42-37(45)19-15-29-9-3-2-4-10-29)38(46)44-24-23-43(39(47)36(44)13-7-8-21-41)22-20-30-14-16-31-11-5-6-12-33(31)26-30/h2-6,9-12,14-19,25-26,35-36H,7-8,13,20-24,27,41H2,1H3,(H,42,45)/b19-15+/t35-,36+/m1/s1. The molecule has 3 amide bonds. The lowest BCUT2D eigenvalue weighted by Gasteiger charge is -2.42. The van der Waals surface area contributed by atoms with Crippen LogP contribution in [0.4, 0.5) is 0 Å². The molecule has 47 heavy (non-hydrogen) atoms. The fourth-order valence-corrected chi connectivity index (χ4v) is 6.44. The van der Waals surface area contributed by atoms with Crippen molar-refractivity contribution in [2.75, 3.05) is 26.2 Å². The van der Waals surface area contributed by atoms with Gasteiger partial charge in [0.15, 0.2) is 0 Å². The van der Waals surface area contributed by atoms with Crippen LogP contribution in [0, 0.1) is 6.92 Å². The smallest absolute Gasteiger partial charge is 0.246 e. The van der Waals surface area contributed by atoms with E-state index in [0.717, 1.165) is 36.0 Å². The zero-order chi connectivity index (χ0) is 33.2. The molecule has 1 aliphatic heterocycles. The Balaban J connectivity index is 1.34. The summed E-state index contributed by atoms with van der Waals surface area (Å²) in [4.78, 5) is 45.1. The molecule has 4 aromatic carbocycles. The van der Waals surface area contributed by atoms with E-state index < -0.39 is 12.1 Å². The molecule has 2 atom stereocenters. The van der Waals surface area contributed by atoms with Crippen LogP contribution in [0.15, 0.2) is 97.1 Å². The average Bonchev–Trinajstić information content (AvgIpc) is 3.08. The topological polar surface area (TPSA) is 95.7 Å². The molecule has 7 nitrogen and oxygen atoms in total. The van der Waals surface area contributed by atoms with Crippen molar-refractivity contribution in [1.82, 2.24) is 15.1 Å². The number of piperazine rings is 1. The highest BCUT2D eigenvalue weighted by Crippen LogP contribution is 2.23. The van der Waals surface area contributed by atoms with Crippen molar-refractivity contribution in [3.63, 3.8) is 0 Å².